The standard InChI is InChI=1S/2C18H38S.2C3H7.Sn/c2*1-2-3-4-5-6-7-8-9-10-11-12-13-14-15-16-17-18-19;2*1-3-2;/h2*19H,2-18H2,1H3;2*1,3H2,2H3;/q;;;;+2/p-2. The molecule has 45 heavy (non-hydrogen) atoms. The number of unbranched alkanes of at least 4 members (excludes halogenated alkanes) is 30. The molecule has 0 fully saturated rings. The van der Waals surface area contributed by atoms with Crippen molar-refractivity contribution in [2.45, 2.75) is 246 Å². The van der Waals surface area contributed by atoms with E-state index >= 15 is 0 Å². The normalized spacial score (nSPS) is 10.1. The molecule has 0 N–H and O–H groups in total. The molecule has 0 aliphatic rings. The minimum atomic E-state index is 0. The largest absolute Gasteiger partial charge is 2.00 e. The van der Waals surface area contributed by atoms with Crippen LogP contribution in [0.2, 0.25) is 0 Å². The van der Waals surface area contributed by atoms with E-state index in [-0.39, 0.29) is 23.9 Å². The van der Waals surface area contributed by atoms with E-state index < -0.39 is 0 Å². The Morgan fingerprint density at radius 2 is 0.378 bits per heavy atom. The first-order chi connectivity index (χ1) is 21.7. The quantitative estimate of drug-likeness (QED) is 0.0379. The maximum absolute atomic E-state index is 4.95. The fraction of sp³-hybridized carbons (Fsp3) is 0.952. The number of hydrogen-bond acceptors (Lipinski definition) is 2. The van der Waals surface area contributed by atoms with Crippen molar-refractivity contribution in [3.05, 3.63) is 13.8 Å². The second-order valence-electron chi connectivity index (χ2n) is 13.0. The van der Waals surface area contributed by atoms with Crippen LogP contribution in [0, 0.1) is 13.8 Å². The van der Waals surface area contributed by atoms with Crippen LogP contribution in [0.15, 0.2) is 0 Å². The molecule has 0 nitrogen and oxygen atoms in total. The summed E-state index contributed by atoms with van der Waals surface area (Å²) in [7, 11) is 0. The van der Waals surface area contributed by atoms with Crippen molar-refractivity contribution in [1.82, 2.24) is 0 Å². The van der Waals surface area contributed by atoms with Gasteiger partial charge in [0.25, 0.3) is 0 Å². The van der Waals surface area contributed by atoms with Crippen LogP contribution in [0.4, 0.5) is 0 Å². The Morgan fingerprint density at radius 1 is 0.267 bits per heavy atom. The van der Waals surface area contributed by atoms with Gasteiger partial charge in [-0.1, -0.05) is 260 Å². The van der Waals surface area contributed by atoms with E-state index in [1.165, 1.54) is 205 Å². The molecule has 0 aromatic rings. The van der Waals surface area contributed by atoms with Crippen molar-refractivity contribution in [2.24, 2.45) is 0 Å². The van der Waals surface area contributed by atoms with Gasteiger partial charge in [-0.25, -0.2) is 0 Å². The molecule has 0 saturated carbocycles. The van der Waals surface area contributed by atoms with Crippen molar-refractivity contribution in [2.75, 3.05) is 11.5 Å². The zero-order chi connectivity index (χ0) is 33.5. The van der Waals surface area contributed by atoms with E-state index in [2.05, 4.69) is 27.7 Å². The molecule has 0 heterocycles. The van der Waals surface area contributed by atoms with Crippen molar-refractivity contribution >= 4 is 49.2 Å². The molecule has 0 aliphatic carbocycles. The summed E-state index contributed by atoms with van der Waals surface area (Å²) >= 11 is 9.90. The molecule has 0 unspecified atom stereocenters. The van der Waals surface area contributed by atoms with Gasteiger partial charge in [-0.2, -0.15) is 11.5 Å². The van der Waals surface area contributed by atoms with E-state index in [1.54, 1.807) is 0 Å². The summed E-state index contributed by atoms with van der Waals surface area (Å²) < 4.78 is 0. The number of rotatable bonds is 32. The Labute approximate surface area is 318 Å². The zero-order valence-electron chi connectivity index (χ0n) is 32.2. The van der Waals surface area contributed by atoms with Crippen molar-refractivity contribution in [3.63, 3.8) is 0 Å². The first-order valence-corrected chi connectivity index (χ1v) is 21.6. The summed E-state index contributed by atoms with van der Waals surface area (Å²) in [6.45, 7) is 15.6. The Morgan fingerprint density at radius 3 is 0.489 bits per heavy atom. The summed E-state index contributed by atoms with van der Waals surface area (Å²) in [4.78, 5) is 0. The predicted octanol–water partition coefficient (Wildman–Crippen LogP) is 15.7. The monoisotopic (exact) mass is 777 g/mol. The average Bonchev–Trinajstić information content (AvgIpc) is 3.02. The maximum Gasteiger partial charge on any atom is 2.00 e. The molecule has 0 bridgehead atoms. The molecular weight excluding hydrogens is 687 g/mol. The average molecular weight is 776 g/mol. The molecule has 0 spiro atoms. The van der Waals surface area contributed by atoms with E-state index in [0.29, 0.717) is 0 Å². The SMILES string of the molecule is CCCCCCCCCCCCCCCCCC[S-].CCCCCCCCCCCCCCCCCC[S-].[CH2]CC.[CH2]CC.[Sn+2]. The molecule has 0 saturated heterocycles. The van der Waals surface area contributed by atoms with Crippen LogP contribution in [0.25, 0.3) is 0 Å². The van der Waals surface area contributed by atoms with Crippen LogP contribution >= 0.6 is 0 Å². The van der Waals surface area contributed by atoms with Crippen LogP contribution < -0.4 is 0 Å². The van der Waals surface area contributed by atoms with Crippen LogP contribution in [-0.2, 0) is 25.3 Å². The smallest absolute Gasteiger partial charge is 0.793 e. The van der Waals surface area contributed by atoms with Gasteiger partial charge < -0.3 is 25.3 Å². The second-order valence-corrected chi connectivity index (χ2v) is 13.8. The van der Waals surface area contributed by atoms with Crippen LogP contribution in [-0.4, -0.2) is 35.4 Å². The van der Waals surface area contributed by atoms with Gasteiger partial charge in [0.15, 0.2) is 0 Å². The number of hydrogen-bond donors (Lipinski definition) is 0. The molecule has 3 heteroatoms. The van der Waals surface area contributed by atoms with Crippen LogP contribution in [0.1, 0.15) is 246 Å². The zero-order valence-corrected chi connectivity index (χ0v) is 36.7. The van der Waals surface area contributed by atoms with Gasteiger partial charge >= 0.3 is 23.9 Å². The van der Waals surface area contributed by atoms with Gasteiger partial charge in [-0.15, -0.1) is 0 Å². The van der Waals surface area contributed by atoms with E-state index in [0.717, 1.165) is 24.3 Å². The van der Waals surface area contributed by atoms with Gasteiger partial charge in [0.05, 0.1) is 0 Å². The molecular formula is C42H88S2Sn. The third-order valence-corrected chi connectivity index (χ3v) is 8.57. The minimum Gasteiger partial charge on any atom is -0.793 e. The molecule has 0 aromatic heterocycles. The summed E-state index contributed by atoms with van der Waals surface area (Å²) in [6.07, 6.45) is 47.9. The third-order valence-electron chi connectivity index (χ3n) is 8.00. The Hall–Kier alpha value is 1.50. The van der Waals surface area contributed by atoms with Gasteiger partial charge in [-0.05, 0) is 0 Å². The summed E-state index contributed by atoms with van der Waals surface area (Å²) in [5, 5.41) is 0. The van der Waals surface area contributed by atoms with Crippen molar-refractivity contribution in [1.29, 1.82) is 0 Å². The van der Waals surface area contributed by atoms with Crippen molar-refractivity contribution in [3.8, 4) is 0 Å². The van der Waals surface area contributed by atoms with Gasteiger partial charge in [-0.3, -0.25) is 0 Å². The molecule has 272 valence electrons. The van der Waals surface area contributed by atoms with E-state index in [9.17, 15) is 0 Å². The van der Waals surface area contributed by atoms with Crippen LogP contribution in [0.5, 0.6) is 0 Å². The van der Waals surface area contributed by atoms with Gasteiger partial charge in [0.1, 0.15) is 0 Å². The molecule has 0 amide bonds. The molecule has 0 aliphatic heterocycles. The summed E-state index contributed by atoms with van der Waals surface area (Å²) in [6, 6.07) is 0. The Balaban J connectivity index is -0.000000197. The van der Waals surface area contributed by atoms with Crippen molar-refractivity contribution < 1.29 is 0 Å². The fourth-order valence-corrected chi connectivity index (χ4v) is 5.71. The fourth-order valence-electron chi connectivity index (χ4n) is 5.30. The first-order valence-electron chi connectivity index (χ1n) is 20.4. The van der Waals surface area contributed by atoms with Crippen LogP contribution in [0.3, 0.4) is 0 Å². The third kappa shape index (κ3) is 76.7. The molecule has 0 atom stereocenters. The summed E-state index contributed by atoms with van der Waals surface area (Å²) in [5.41, 5.74) is 0. The van der Waals surface area contributed by atoms with E-state index in [1.807, 2.05) is 13.8 Å². The maximum atomic E-state index is 4.95. The topological polar surface area (TPSA) is 0 Å². The second kappa shape index (κ2) is 64.1. The molecule has 0 aromatic carbocycles. The summed E-state index contributed by atoms with van der Waals surface area (Å²) in [5.74, 6) is 1.91. The van der Waals surface area contributed by atoms with E-state index in [4.69, 9.17) is 25.3 Å². The predicted molar refractivity (Wildman–Crippen MR) is 221 cm³/mol. The Bertz CT molecular complexity index is 323. The Kier molecular flexibility index (Phi) is 79.6. The van der Waals surface area contributed by atoms with Gasteiger partial charge in [0.2, 0.25) is 0 Å². The molecule has 0 rings (SSSR count). The molecule has 4 radical (unpaired) electrons. The first kappa shape index (κ1) is 55.9. The minimum absolute atomic E-state index is 0. The van der Waals surface area contributed by atoms with Gasteiger partial charge in [0, 0.05) is 0 Å².